The predicted octanol–water partition coefficient (Wildman–Crippen LogP) is 0.0577. The molecule has 3 N–H and O–H groups in total. The molecule has 6 nitrogen and oxygen atoms in total. The summed E-state index contributed by atoms with van der Waals surface area (Å²) in [6, 6.07) is 0.157. The van der Waals surface area contributed by atoms with Crippen LogP contribution in [0, 0.1) is 6.92 Å². The number of hydrogen-bond donors (Lipinski definition) is 2. The smallest absolute Gasteiger partial charge is 0.209 e. The van der Waals surface area contributed by atoms with Gasteiger partial charge in [-0.3, -0.25) is 4.68 Å². The lowest BCUT2D eigenvalue weighted by molar-refractivity contribution is 0.559. The zero-order valence-corrected chi connectivity index (χ0v) is 11.3. The first-order valence-electron chi connectivity index (χ1n) is 5.53. The average molecular weight is 260 g/mol. The molecule has 1 atom stereocenters. The van der Waals surface area contributed by atoms with Gasteiger partial charge in [0.05, 0.1) is 11.4 Å². The van der Waals surface area contributed by atoms with Gasteiger partial charge in [0, 0.05) is 24.8 Å². The zero-order chi connectivity index (χ0) is 13.1. The number of nitrogens with zero attached hydrogens (tertiary/aromatic N) is 2. The second kappa shape index (κ2) is 5.61. The molecular formula is C10H20N4O2S. The van der Waals surface area contributed by atoms with E-state index in [-0.39, 0.29) is 11.8 Å². The lowest BCUT2D eigenvalue weighted by atomic mass is 10.1. The molecule has 98 valence electrons. The SMILES string of the molecule is Cc1nn(C)cc1C(C)NCCCS(N)(=O)=O. The molecule has 0 aliphatic carbocycles. The van der Waals surface area contributed by atoms with Gasteiger partial charge in [-0.1, -0.05) is 0 Å². The second-order valence-electron chi connectivity index (χ2n) is 4.24. The van der Waals surface area contributed by atoms with Crippen LogP contribution in [-0.4, -0.2) is 30.5 Å². The van der Waals surface area contributed by atoms with Crippen molar-refractivity contribution in [1.29, 1.82) is 0 Å². The maximum atomic E-state index is 10.7. The largest absolute Gasteiger partial charge is 0.310 e. The van der Waals surface area contributed by atoms with Crippen molar-refractivity contribution in [3.8, 4) is 0 Å². The predicted molar refractivity (Wildman–Crippen MR) is 67.0 cm³/mol. The van der Waals surface area contributed by atoms with Crippen molar-refractivity contribution in [2.24, 2.45) is 12.2 Å². The standard InChI is InChI=1S/C10H20N4O2S/c1-8(10-7-14(3)13-9(10)2)12-5-4-6-17(11,15)16/h7-8,12H,4-6H2,1-3H3,(H2,11,15,16). The quantitative estimate of drug-likeness (QED) is 0.708. The number of aryl methyl sites for hydroxylation is 2. The van der Waals surface area contributed by atoms with Crippen LogP contribution in [0.25, 0.3) is 0 Å². The molecule has 0 fully saturated rings. The van der Waals surface area contributed by atoms with E-state index < -0.39 is 10.0 Å². The molecule has 0 bridgehead atoms. The van der Waals surface area contributed by atoms with Crippen LogP contribution in [0.1, 0.15) is 30.6 Å². The fraction of sp³-hybridized carbons (Fsp3) is 0.700. The number of hydrogen-bond acceptors (Lipinski definition) is 4. The van der Waals surface area contributed by atoms with Gasteiger partial charge in [-0.15, -0.1) is 0 Å². The van der Waals surface area contributed by atoms with Crippen LogP contribution >= 0.6 is 0 Å². The van der Waals surface area contributed by atoms with Crippen molar-refractivity contribution in [1.82, 2.24) is 15.1 Å². The van der Waals surface area contributed by atoms with E-state index in [1.165, 1.54) is 0 Å². The molecule has 0 aliphatic heterocycles. The van der Waals surface area contributed by atoms with Crippen LogP contribution in [-0.2, 0) is 17.1 Å². The molecule has 0 radical (unpaired) electrons. The fourth-order valence-electron chi connectivity index (χ4n) is 1.74. The van der Waals surface area contributed by atoms with Crippen LogP contribution < -0.4 is 10.5 Å². The van der Waals surface area contributed by atoms with Crippen molar-refractivity contribution >= 4 is 10.0 Å². The maximum Gasteiger partial charge on any atom is 0.209 e. The minimum atomic E-state index is -3.35. The third-order valence-corrected chi connectivity index (χ3v) is 3.43. The van der Waals surface area contributed by atoms with E-state index in [1.54, 1.807) is 4.68 Å². The van der Waals surface area contributed by atoms with Gasteiger partial charge < -0.3 is 5.32 Å². The van der Waals surface area contributed by atoms with Crippen molar-refractivity contribution in [3.63, 3.8) is 0 Å². The fourth-order valence-corrected chi connectivity index (χ4v) is 2.29. The van der Waals surface area contributed by atoms with Crippen molar-refractivity contribution in [2.45, 2.75) is 26.3 Å². The van der Waals surface area contributed by atoms with Gasteiger partial charge in [0.25, 0.3) is 0 Å². The summed E-state index contributed by atoms with van der Waals surface area (Å²) in [5.41, 5.74) is 2.11. The van der Waals surface area contributed by atoms with E-state index >= 15 is 0 Å². The summed E-state index contributed by atoms with van der Waals surface area (Å²) < 4.78 is 23.3. The molecule has 1 unspecified atom stereocenters. The summed E-state index contributed by atoms with van der Waals surface area (Å²) in [6.07, 6.45) is 2.48. The molecule has 0 aromatic carbocycles. The summed E-state index contributed by atoms with van der Waals surface area (Å²) >= 11 is 0. The number of sulfonamides is 1. The molecule has 17 heavy (non-hydrogen) atoms. The number of nitrogens with one attached hydrogen (secondary N) is 1. The molecular weight excluding hydrogens is 240 g/mol. The Balaban J connectivity index is 2.40. The Morgan fingerprint density at radius 3 is 2.71 bits per heavy atom. The minimum Gasteiger partial charge on any atom is -0.310 e. The van der Waals surface area contributed by atoms with Gasteiger partial charge in [0.1, 0.15) is 0 Å². The monoisotopic (exact) mass is 260 g/mol. The summed E-state index contributed by atoms with van der Waals surface area (Å²) in [7, 11) is -1.47. The molecule has 0 spiro atoms. The number of nitrogens with two attached hydrogens (primary N) is 1. The molecule has 1 aromatic heterocycles. The van der Waals surface area contributed by atoms with Crippen LogP contribution in [0.5, 0.6) is 0 Å². The molecule has 1 rings (SSSR count). The van der Waals surface area contributed by atoms with Gasteiger partial charge >= 0.3 is 0 Å². The van der Waals surface area contributed by atoms with Gasteiger partial charge in [0.15, 0.2) is 0 Å². The van der Waals surface area contributed by atoms with E-state index in [2.05, 4.69) is 10.4 Å². The van der Waals surface area contributed by atoms with E-state index in [0.717, 1.165) is 11.3 Å². The third kappa shape index (κ3) is 4.84. The van der Waals surface area contributed by atoms with Gasteiger partial charge in [-0.2, -0.15) is 5.10 Å². The Morgan fingerprint density at radius 2 is 2.24 bits per heavy atom. The Morgan fingerprint density at radius 1 is 1.59 bits per heavy atom. The Hall–Kier alpha value is -0.920. The first-order chi connectivity index (χ1) is 7.79. The first kappa shape index (κ1) is 14.1. The van der Waals surface area contributed by atoms with E-state index in [1.807, 2.05) is 27.1 Å². The highest BCUT2D eigenvalue weighted by atomic mass is 32.2. The van der Waals surface area contributed by atoms with Crippen molar-refractivity contribution in [2.75, 3.05) is 12.3 Å². The summed E-state index contributed by atoms with van der Waals surface area (Å²) in [6.45, 7) is 4.60. The Labute approximate surface area is 102 Å². The van der Waals surface area contributed by atoms with E-state index in [4.69, 9.17) is 5.14 Å². The molecule has 7 heteroatoms. The highest BCUT2D eigenvalue weighted by Gasteiger charge is 2.11. The summed E-state index contributed by atoms with van der Waals surface area (Å²) in [5, 5.41) is 12.4. The van der Waals surface area contributed by atoms with Crippen LogP contribution in [0.4, 0.5) is 0 Å². The molecule has 1 aromatic rings. The zero-order valence-electron chi connectivity index (χ0n) is 10.5. The normalized spacial score (nSPS) is 13.9. The number of aromatic nitrogens is 2. The highest BCUT2D eigenvalue weighted by molar-refractivity contribution is 7.89. The molecule has 1 heterocycles. The topological polar surface area (TPSA) is 90.0 Å². The minimum absolute atomic E-state index is 0.0126. The first-order valence-corrected chi connectivity index (χ1v) is 7.25. The molecule has 0 aliphatic rings. The van der Waals surface area contributed by atoms with Crippen LogP contribution in [0.3, 0.4) is 0 Å². The Kier molecular flexibility index (Phi) is 4.67. The van der Waals surface area contributed by atoms with Gasteiger partial charge in [-0.05, 0) is 26.8 Å². The van der Waals surface area contributed by atoms with Gasteiger partial charge in [-0.25, -0.2) is 13.6 Å². The van der Waals surface area contributed by atoms with E-state index in [9.17, 15) is 8.42 Å². The molecule has 0 amide bonds. The van der Waals surface area contributed by atoms with Crippen LogP contribution in [0.2, 0.25) is 0 Å². The van der Waals surface area contributed by atoms with Gasteiger partial charge in [0.2, 0.25) is 10.0 Å². The maximum absolute atomic E-state index is 10.7. The van der Waals surface area contributed by atoms with E-state index in [0.29, 0.717) is 13.0 Å². The van der Waals surface area contributed by atoms with Crippen molar-refractivity contribution in [3.05, 3.63) is 17.5 Å². The average Bonchev–Trinajstić information content (AvgIpc) is 2.51. The second-order valence-corrected chi connectivity index (χ2v) is 5.97. The number of rotatable bonds is 6. The van der Waals surface area contributed by atoms with Crippen LogP contribution in [0.15, 0.2) is 6.20 Å². The summed E-state index contributed by atoms with van der Waals surface area (Å²) in [5.74, 6) is 0.0126. The summed E-state index contributed by atoms with van der Waals surface area (Å²) in [4.78, 5) is 0. The lowest BCUT2D eigenvalue weighted by Crippen LogP contribution is -2.24. The third-order valence-electron chi connectivity index (χ3n) is 2.57. The highest BCUT2D eigenvalue weighted by Crippen LogP contribution is 2.15. The lowest BCUT2D eigenvalue weighted by Gasteiger charge is -2.12. The Bertz CT molecular complexity index is 467. The van der Waals surface area contributed by atoms with Crippen molar-refractivity contribution < 1.29 is 8.42 Å². The number of primary sulfonamides is 1. The molecule has 0 saturated carbocycles. The molecule has 0 saturated heterocycles.